The largest absolute Gasteiger partial charge is 0.493 e. The van der Waals surface area contributed by atoms with Crippen molar-refractivity contribution in [1.82, 2.24) is 9.80 Å². The molecule has 1 aromatic carbocycles. The van der Waals surface area contributed by atoms with E-state index < -0.39 is 0 Å². The van der Waals surface area contributed by atoms with Gasteiger partial charge in [-0.25, -0.2) is 0 Å². The van der Waals surface area contributed by atoms with Crippen LogP contribution in [-0.2, 0) is 16.1 Å². The van der Waals surface area contributed by atoms with E-state index in [1.165, 1.54) is 77.0 Å². The Hall–Kier alpha value is -1.79. The Balaban J connectivity index is 1.76. The zero-order chi connectivity index (χ0) is 28.7. The minimum absolute atomic E-state index is 0.130. The second kappa shape index (κ2) is 22.8. The van der Waals surface area contributed by atoms with E-state index in [1.54, 1.807) is 0 Å². The predicted molar refractivity (Wildman–Crippen MR) is 166 cm³/mol. The first-order valence-electron chi connectivity index (χ1n) is 16.6. The normalized spacial score (nSPS) is 14.4. The van der Waals surface area contributed by atoms with E-state index >= 15 is 0 Å². The predicted octanol–water partition coefficient (Wildman–Crippen LogP) is 8.02. The van der Waals surface area contributed by atoms with Crippen LogP contribution in [0.2, 0.25) is 0 Å². The molecule has 0 aromatic heterocycles. The highest BCUT2D eigenvalue weighted by Crippen LogP contribution is 2.25. The molecule has 0 bridgehead atoms. The maximum Gasteiger partial charge on any atom is 0.306 e. The lowest BCUT2D eigenvalue weighted by Gasteiger charge is -2.32. The molecule has 1 heterocycles. The monoisotopic (exact) mass is 560 g/mol. The van der Waals surface area contributed by atoms with Gasteiger partial charge in [-0.2, -0.15) is 0 Å². The Kier molecular flexibility index (Phi) is 19.7. The van der Waals surface area contributed by atoms with Crippen LogP contribution in [0.5, 0.6) is 11.5 Å². The molecule has 1 aromatic rings. The summed E-state index contributed by atoms with van der Waals surface area (Å²) in [7, 11) is 2.16. The first kappa shape index (κ1) is 34.4. The number of rotatable bonds is 24. The van der Waals surface area contributed by atoms with Gasteiger partial charge in [0.25, 0.3) is 0 Å². The number of hydrogen-bond donors (Lipinski definition) is 0. The van der Waals surface area contributed by atoms with Gasteiger partial charge in [0.05, 0.1) is 13.2 Å². The van der Waals surface area contributed by atoms with Gasteiger partial charge < -0.3 is 24.0 Å². The maximum atomic E-state index is 12.4. The highest BCUT2D eigenvalue weighted by molar-refractivity contribution is 5.69. The molecule has 40 heavy (non-hydrogen) atoms. The van der Waals surface area contributed by atoms with E-state index in [0.717, 1.165) is 69.0 Å². The summed E-state index contributed by atoms with van der Waals surface area (Å²) in [4.78, 5) is 17.2. The summed E-state index contributed by atoms with van der Waals surface area (Å²) in [6.07, 6.45) is 19.0. The molecule has 6 nitrogen and oxygen atoms in total. The average molecular weight is 561 g/mol. The summed E-state index contributed by atoms with van der Waals surface area (Å²) in [5.41, 5.74) is 0.930. The van der Waals surface area contributed by atoms with Crippen molar-refractivity contribution < 1.29 is 19.0 Å². The molecular weight excluding hydrogens is 500 g/mol. The van der Waals surface area contributed by atoms with Crippen LogP contribution in [0.4, 0.5) is 0 Å². The van der Waals surface area contributed by atoms with Crippen molar-refractivity contribution in [2.45, 2.75) is 123 Å². The van der Waals surface area contributed by atoms with Gasteiger partial charge in [0.1, 0.15) is 18.1 Å². The van der Waals surface area contributed by atoms with Crippen LogP contribution in [0.1, 0.15) is 122 Å². The molecule has 0 saturated carbocycles. The number of unbranched alkanes of at least 4 members (excludes halogenated alkanes) is 12. The summed E-state index contributed by atoms with van der Waals surface area (Å²) in [5.74, 6) is 1.49. The molecule has 0 spiro atoms. The van der Waals surface area contributed by atoms with E-state index in [1.807, 2.05) is 18.2 Å². The van der Waals surface area contributed by atoms with Crippen LogP contribution in [-0.4, -0.2) is 68.8 Å². The quantitative estimate of drug-likeness (QED) is 0.0943. The maximum absolute atomic E-state index is 12.4. The zero-order valence-electron chi connectivity index (χ0n) is 26.2. The van der Waals surface area contributed by atoms with Crippen molar-refractivity contribution in [2.75, 3.05) is 53.0 Å². The second-order valence-electron chi connectivity index (χ2n) is 11.7. The number of hydrogen-bond acceptors (Lipinski definition) is 6. The molecule has 1 saturated heterocycles. The number of carbonyl (C=O) groups excluding carboxylic acids is 1. The minimum atomic E-state index is -0.130. The van der Waals surface area contributed by atoms with Crippen LogP contribution in [0, 0.1) is 0 Å². The van der Waals surface area contributed by atoms with Crippen molar-refractivity contribution >= 4 is 5.97 Å². The van der Waals surface area contributed by atoms with Gasteiger partial charge in [-0.05, 0) is 50.6 Å². The van der Waals surface area contributed by atoms with Crippen molar-refractivity contribution in [2.24, 2.45) is 0 Å². The number of benzene rings is 1. The number of ether oxygens (including phenoxy) is 3. The Morgan fingerprint density at radius 1 is 0.675 bits per heavy atom. The molecular formula is C34H60N2O4. The van der Waals surface area contributed by atoms with Gasteiger partial charge in [0, 0.05) is 38.7 Å². The van der Waals surface area contributed by atoms with Crippen molar-refractivity contribution in [3.05, 3.63) is 23.8 Å². The lowest BCUT2D eigenvalue weighted by atomic mass is 10.1. The lowest BCUT2D eigenvalue weighted by molar-refractivity contribution is -0.145. The molecule has 0 atom stereocenters. The van der Waals surface area contributed by atoms with Gasteiger partial charge in [-0.3, -0.25) is 4.79 Å². The third-order valence-electron chi connectivity index (χ3n) is 7.82. The fourth-order valence-corrected chi connectivity index (χ4v) is 5.13. The van der Waals surface area contributed by atoms with E-state index in [9.17, 15) is 4.79 Å². The topological polar surface area (TPSA) is 51.2 Å². The van der Waals surface area contributed by atoms with Crippen molar-refractivity contribution in [1.29, 1.82) is 0 Å². The molecule has 2 rings (SSSR count). The Labute approximate surface area is 246 Å². The summed E-state index contributed by atoms with van der Waals surface area (Å²) in [5, 5.41) is 0. The highest BCUT2D eigenvalue weighted by Gasteiger charge is 2.14. The first-order chi connectivity index (χ1) is 19.6. The van der Waals surface area contributed by atoms with E-state index in [0.29, 0.717) is 19.6 Å². The van der Waals surface area contributed by atoms with Gasteiger partial charge in [-0.15, -0.1) is 0 Å². The Bertz CT molecular complexity index is 726. The molecule has 6 heteroatoms. The van der Waals surface area contributed by atoms with Gasteiger partial charge in [0.15, 0.2) is 0 Å². The van der Waals surface area contributed by atoms with Gasteiger partial charge >= 0.3 is 5.97 Å². The van der Waals surface area contributed by atoms with Crippen LogP contribution in [0.25, 0.3) is 0 Å². The summed E-state index contributed by atoms with van der Waals surface area (Å²) in [6, 6.07) is 5.99. The number of nitrogens with zero attached hydrogens (tertiary/aromatic N) is 2. The number of likely N-dealkylation sites (N-methyl/N-ethyl adjacent to an activating group) is 1. The fourth-order valence-electron chi connectivity index (χ4n) is 5.13. The minimum Gasteiger partial charge on any atom is -0.493 e. The summed E-state index contributed by atoms with van der Waals surface area (Å²) in [6.45, 7) is 11.5. The van der Waals surface area contributed by atoms with E-state index in [-0.39, 0.29) is 12.6 Å². The van der Waals surface area contributed by atoms with Crippen molar-refractivity contribution in [3.8, 4) is 11.5 Å². The highest BCUT2D eigenvalue weighted by atomic mass is 16.5. The third kappa shape index (κ3) is 17.1. The fraction of sp³-hybridized carbons (Fsp3) is 0.794. The van der Waals surface area contributed by atoms with Crippen LogP contribution >= 0.6 is 0 Å². The van der Waals surface area contributed by atoms with Gasteiger partial charge in [0.2, 0.25) is 0 Å². The smallest absolute Gasteiger partial charge is 0.306 e. The molecule has 1 aliphatic rings. The number of carbonyl (C=O) groups is 1. The van der Waals surface area contributed by atoms with E-state index in [2.05, 4.69) is 30.7 Å². The third-order valence-corrected chi connectivity index (χ3v) is 7.82. The zero-order valence-corrected chi connectivity index (χ0v) is 26.2. The van der Waals surface area contributed by atoms with Crippen LogP contribution in [0.3, 0.4) is 0 Å². The standard InChI is InChI=1S/C34H60N2O4/c1-4-6-8-10-12-14-16-25-38-32-27-31(28-33(29-32)39-26-17-15-13-11-9-7-5-2)30-40-34(37)19-18-20-36-23-21-35(3)22-24-36/h27-29H,4-26,30H2,1-3H3. The molecule has 1 aliphatic heterocycles. The average Bonchev–Trinajstić information content (AvgIpc) is 2.96. The molecule has 0 N–H and O–H groups in total. The van der Waals surface area contributed by atoms with Crippen LogP contribution in [0.15, 0.2) is 18.2 Å². The first-order valence-corrected chi connectivity index (χ1v) is 16.6. The SMILES string of the molecule is CCCCCCCCCOc1cc(COC(=O)CCCN2CCN(C)CC2)cc(OCCCCCCCCC)c1. The number of esters is 1. The molecule has 0 amide bonds. The molecule has 0 aliphatic carbocycles. The summed E-state index contributed by atoms with van der Waals surface area (Å²) >= 11 is 0. The number of piperazine rings is 1. The summed E-state index contributed by atoms with van der Waals surface area (Å²) < 4.78 is 17.9. The molecule has 0 radical (unpaired) electrons. The lowest BCUT2D eigenvalue weighted by Crippen LogP contribution is -2.44. The molecule has 230 valence electrons. The van der Waals surface area contributed by atoms with E-state index in [4.69, 9.17) is 14.2 Å². The molecule has 1 fully saturated rings. The second-order valence-corrected chi connectivity index (χ2v) is 11.7. The Morgan fingerprint density at radius 3 is 1.70 bits per heavy atom. The van der Waals surface area contributed by atoms with Crippen LogP contribution < -0.4 is 9.47 Å². The van der Waals surface area contributed by atoms with Crippen molar-refractivity contribution in [3.63, 3.8) is 0 Å². The van der Waals surface area contributed by atoms with Gasteiger partial charge in [-0.1, -0.05) is 90.9 Å². The Morgan fingerprint density at radius 2 is 1.18 bits per heavy atom. The molecule has 0 unspecified atom stereocenters.